The largest absolute Gasteiger partial charge is 0.469 e. The molecule has 28 heavy (non-hydrogen) atoms. The first-order valence-corrected chi connectivity index (χ1v) is 9.53. The molecule has 1 heterocycles. The number of amides is 1. The molecule has 1 aromatic carbocycles. The number of rotatable bonds is 9. The van der Waals surface area contributed by atoms with Gasteiger partial charge < -0.3 is 20.3 Å². The maximum Gasteiger partial charge on any atom is 0.305 e. The third kappa shape index (κ3) is 8.04. The minimum Gasteiger partial charge on any atom is -0.469 e. The van der Waals surface area contributed by atoms with E-state index in [1.54, 1.807) is 7.05 Å². The Balaban J connectivity index is 0.00000392. The zero-order valence-electron chi connectivity index (χ0n) is 16.6. The van der Waals surface area contributed by atoms with Crippen LogP contribution in [0.5, 0.6) is 0 Å². The van der Waals surface area contributed by atoms with Crippen molar-refractivity contribution < 1.29 is 14.3 Å². The van der Waals surface area contributed by atoms with Crippen LogP contribution in [0.1, 0.15) is 38.5 Å². The number of hydrogen-bond acceptors (Lipinski definition) is 4. The summed E-state index contributed by atoms with van der Waals surface area (Å²) in [6.45, 7) is 1.44. The highest BCUT2D eigenvalue weighted by Gasteiger charge is 2.30. The average molecular weight is 502 g/mol. The molecule has 1 aliphatic heterocycles. The van der Waals surface area contributed by atoms with Gasteiger partial charge in [-0.25, -0.2) is 0 Å². The van der Waals surface area contributed by atoms with E-state index in [2.05, 4.69) is 20.4 Å². The Bertz CT molecular complexity index is 640. The monoisotopic (exact) mass is 502 g/mol. The predicted octanol–water partition coefficient (Wildman–Crippen LogP) is 2.70. The zero-order valence-corrected chi connectivity index (χ0v) is 19.0. The quantitative estimate of drug-likeness (QED) is 0.179. The van der Waals surface area contributed by atoms with Gasteiger partial charge >= 0.3 is 5.97 Å². The number of hydrogen-bond donors (Lipinski definition) is 2. The molecule has 156 valence electrons. The molecule has 8 heteroatoms. The third-order valence-corrected chi connectivity index (χ3v) is 4.59. The van der Waals surface area contributed by atoms with Gasteiger partial charge in [0.2, 0.25) is 5.91 Å². The van der Waals surface area contributed by atoms with Gasteiger partial charge in [-0.3, -0.25) is 14.6 Å². The number of guanidine groups is 1. The Morgan fingerprint density at radius 2 is 1.93 bits per heavy atom. The predicted molar refractivity (Wildman–Crippen MR) is 122 cm³/mol. The lowest BCUT2D eigenvalue weighted by atomic mass is 10.1. The molecular formula is C20H31IN4O3. The summed E-state index contributed by atoms with van der Waals surface area (Å²) in [6.07, 6.45) is 4.86. The van der Waals surface area contributed by atoms with Crippen LogP contribution in [0.25, 0.3) is 0 Å². The second-order valence-electron chi connectivity index (χ2n) is 6.62. The molecule has 1 atom stereocenters. The highest BCUT2D eigenvalue weighted by atomic mass is 127. The normalized spacial score (nSPS) is 16.5. The summed E-state index contributed by atoms with van der Waals surface area (Å²) in [7, 11) is 3.15. The van der Waals surface area contributed by atoms with E-state index < -0.39 is 0 Å². The summed E-state index contributed by atoms with van der Waals surface area (Å²) in [5.74, 6) is 0.699. The van der Waals surface area contributed by atoms with Crippen molar-refractivity contribution in [2.45, 2.75) is 44.6 Å². The van der Waals surface area contributed by atoms with Crippen molar-refractivity contribution in [1.82, 2.24) is 10.6 Å². The van der Waals surface area contributed by atoms with Gasteiger partial charge in [0.15, 0.2) is 5.96 Å². The first kappa shape index (κ1) is 24.2. The number of halogens is 1. The van der Waals surface area contributed by atoms with Gasteiger partial charge in [-0.2, -0.15) is 0 Å². The number of carbonyl (C=O) groups is 2. The molecule has 0 aromatic heterocycles. The number of benzene rings is 1. The van der Waals surface area contributed by atoms with Crippen molar-refractivity contribution >= 4 is 47.5 Å². The second kappa shape index (κ2) is 13.4. The van der Waals surface area contributed by atoms with Crippen LogP contribution in [0.4, 0.5) is 5.69 Å². The Kier molecular flexibility index (Phi) is 11.5. The molecule has 1 fully saturated rings. The van der Waals surface area contributed by atoms with E-state index in [9.17, 15) is 9.59 Å². The minimum absolute atomic E-state index is 0. The highest BCUT2D eigenvalue weighted by molar-refractivity contribution is 14.0. The Labute approximate surface area is 184 Å². The fourth-order valence-electron chi connectivity index (χ4n) is 3.11. The van der Waals surface area contributed by atoms with E-state index in [4.69, 9.17) is 0 Å². The summed E-state index contributed by atoms with van der Waals surface area (Å²) in [5.41, 5.74) is 0.932. The second-order valence-corrected chi connectivity index (χ2v) is 6.62. The number of para-hydroxylation sites is 1. The first-order chi connectivity index (χ1) is 13.1. The molecule has 2 rings (SSSR count). The molecule has 1 amide bonds. The van der Waals surface area contributed by atoms with Gasteiger partial charge in [0, 0.05) is 38.7 Å². The van der Waals surface area contributed by atoms with Crippen LogP contribution < -0.4 is 15.5 Å². The molecule has 0 bridgehead atoms. The van der Waals surface area contributed by atoms with E-state index >= 15 is 0 Å². The van der Waals surface area contributed by atoms with E-state index in [1.165, 1.54) is 7.11 Å². The SMILES string of the molecule is CN=C(NCCCCCCC(=O)OC)NC1CC(=O)N(c2ccccc2)C1.I. The lowest BCUT2D eigenvalue weighted by molar-refractivity contribution is -0.140. The molecule has 1 unspecified atom stereocenters. The van der Waals surface area contributed by atoms with E-state index in [-0.39, 0.29) is 41.9 Å². The average Bonchev–Trinajstić information content (AvgIpc) is 3.06. The van der Waals surface area contributed by atoms with E-state index in [1.807, 2.05) is 35.2 Å². The van der Waals surface area contributed by atoms with Crippen LogP contribution >= 0.6 is 24.0 Å². The summed E-state index contributed by atoms with van der Waals surface area (Å²) in [6, 6.07) is 9.77. The maximum absolute atomic E-state index is 12.3. The van der Waals surface area contributed by atoms with Crippen molar-refractivity contribution in [2.24, 2.45) is 4.99 Å². The van der Waals surface area contributed by atoms with E-state index in [0.717, 1.165) is 43.9 Å². The lowest BCUT2D eigenvalue weighted by Crippen LogP contribution is -2.44. The molecule has 1 aliphatic rings. The number of methoxy groups -OCH3 is 1. The topological polar surface area (TPSA) is 83.0 Å². The number of aliphatic imine (C=N–C) groups is 1. The number of nitrogens with one attached hydrogen (secondary N) is 2. The molecular weight excluding hydrogens is 471 g/mol. The van der Waals surface area contributed by atoms with Crippen molar-refractivity contribution in [3.8, 4) is 0 Å². The third-order valence-electron chi connectivity index (χ3n) is 4.59. The van der Waals surface area contributed by atoms with E-state index in [0.29, 0.717) is 19.4 Å². The van der Waals surface area contributed by atoms with Crippen LogP contribution in [-0.4, -0.2) is 51.1 Å². The number of anilines is 1. The smallest absolute Gasteiger partial charge is 0.305 e. The number of esters is 1. The van der Waals surface area contributed by atoms with Crippen molar-refractivity contribution in [1.29, 1.82) is 0 Å². The van der Waals surface area contributed by atoms with Gasteiger partial charge in [-0.15, -0.1) is 24.0 Å². The standard InChI is InChI=1S/C20H30N4O3.HI/c1-21-20(22-13-9-4-3-8-12-19(26)27-2)23-16-14-18(25)24(15-16)17-10-6-5-7-11-17;/h5-7,10-11,16H,3-4,8-9,12-15H2,1-2H3,(H2,21,22,23);1H. The number of nitrogens with zero attached hydrogens (tertiary/aromatic N) is 2. The Morgan fingerprint density at radius 1 is 1.21 bits per heavy atom. The highest BCUT2D eigenvalue weighted by Crippen LogP contribution is 2.20. The van der Waals surface area contributed by atoms with Crippen molar-refractivity contribution in [3.63, 3.8) is 0 Å². The zero-order chi connectivity index (χ0) is 19.5. The van der Waals surface area contributed by atoms with Gasteiger partial charge in [0.25, 0.3) is 0 Å². The van der Waals surface area contributed by atoms with Crippen molar-refractivity contribution in [2.75, 3.05) is 32.1 Å². The Morgan fingerprint density at radius 3 is 2.61 bits per heavy atom. The van der Waals surface area contributed by atoms with Gasteiger partial charge in [0.05, 0.1) is 13.2 Å². The number of unbranched alkanes of at least 4 members (excludes halogenated alkanes) is 3. The van der Waals surface area contributed by atoms with Crippen LogP contribution in [0.3, 0.4) is 0 Å². The summed E-state index contributed by atoms with van der Waals surface area (Å²) >= 11 is 0. The molecule has 0 spiro atoms. The summed E-state index contributed by atoms with van der Waals surface area (Å²) in [5, 5.41) is 6.63. The molecule has 0 radical (unpaired) electrons. The molecule has 1 aromatic rings. The van der Waals surface area contributed by atoms with Crippen LogP contribution in [0.2, 0.25) is 0 Å². The van der Waals surface area contributed by atoms with Crippen molar-refractivity contribution in [3.05, 3.63) is 30.3 Å². The maximum atomic E-state index is 12.3. The fourth-order valence-corrected chi connectivity index (χ4v) is 3.11. The minimum atomic E-state index is -0.145. The number of carbonyl (C=O) groups excluding carboxylic acids is 2. The van der Waals surface area contributed by atoms with Gasteiger partial charge in [-0.1, -0.05) is 31.0 Å². The van der Waals surface area contributed by atoms with Crippen LogP contribution in [0.15, 0.2) is 35.3 Å². The molecule has 2 N–H and O–H groups in total. The van der Waals surface area contributed by atoms with Gasteiger partial charge in [0.1, 0.15) is 0 Å². The summed E-state index contributed by atoms with van der Waals surface area (Å²) < 4.78 is 4.63. The van der Waals surface area contributed by atoms with Crippen LogP contribution in [0, 0.1) is 0 Å². The number of ether oxygens (including phenoxy) is 1. The molecule has 1 saturated heterocycles. The molecule has 0 aliphatic carbocycles. The molecule has 7 nitrogen and oxygen atoms in total. The summed E-state index contributed by atoms with van der Waals surface area (Å²) in [4.78, 5) is 29.4. The fraction of sp³-hybridized carbons (Fsp3) is 0.550. The Hall–Kier alpha value is -1.84. The first-order valence-electron chi connectivity index (χ1n) is 9.53. The lowest BCUT2D eigenvalue weighted by Gasteiger charge is -2.19. The van der Waals surface area contributed by atoms with Gasteiger partial charge in [-0.05, 0) is 25.0 Å². The van der Waals surface area contributed by atoms with Crippen LogP contribution in [-0.2, 0) is 14.3 Å². The molecule has 0 saturated carbocycles.